The Bertz CT molecular complexity index is 326. The number of nitrogens with zero attached hydrogens (tertiary/aromatic N) is 2. The predicted molar refractivity (Wildman–Crippen MR) is 57.4 cm³/mol. The molecule has 2 unspecified atom stereocenters. The summed E-state index contributed by atoms with van der Waals surface area (Å²) in [6.07, 6.45) is 1.04. The quantitative estimate of drug-likeness (QED) is 0.825. The van der Waals surface area contributed by atoms with E-state index in [4.69, 9.17) is 4.74 Å². The summed E-state index contributed by atoms with van der Waals surface area (Å²) < 4.78 is 5.40. The predicted octanol–water partition coefficient (Wildman–Crippen LogP) is 1.94. The van der Waals surface area contributed by atoms with Gasteiger partial charge in [-0.25, -0.2) is 9.97 Å². The molecule has 1 aromatic rings. The SMILES string of the molecule is CCOC(C)c1ncc(C(C)O)c(C)n1. The van der Waals surface area contributed by atoms with E-state index in [9.17, 15) is 5.11 Å². The van der Waals surface area contributed by atoms with Crippen molar-refractivity contribution in [3.05, 3.63) is 23.3 Å². The number of aromatic nitrogens is 2. The van der Waals surface area contributed by atoms with Crippen LogP contribution in [0.15, 0.2) is 6.20 Å². The highest BCUT2D eigenvalue weighted by Crippen LogP contribution is 2.17. The molecule has 0 aliphatic carbocycles. The molecule has 1 N–H and O–H groups in total. The first-order valence-corrected chi connectivity index (χ1v) is 5.19. The molecular weight excluding hydrogens is 192 g/mol. The summed E-state index contributed by atoms with van der Waals surface area (Å²) in [5, 5.41) is 9.43. The van der Waals surface area contributed by atoms with Crippen LogP contribution in [0, 0.1) is 6.92 Å². The van der Waals surface area contributed by atoms with Crippen molar-refractivity contribution in [3.63, 3.8) is 0 Å². The Hall–Kier alpha value is -1.00. The van der Waals surface area contributed by atoms with Crippen molar-refractivity contribution >= 4 is 0 Å². The van der Waals surface area contributed by atoms with Crippen LogP contribution in [0.1, 0.15) is 50.1 Å². The lowest BCUT2D eigenvalue weighted by Crippen LogP contribution is -2.08. The number of rotatable bonds is 4. The minimum Gasteiger partial charge on any atom is -0.389 e. The summed E-state index contributed by atoms with van der Waals surface area (Å²) in [6, 6.07) is 0. The molecule has 0 bridgehead atoms. The standard InChI is InChI=1S/C11H18N2O2/c1-5-15-9(4)11-12-6-10(8(3)14)7(2)13-11/h6,8-9,14H,5H2,1-4H3. The van der Waals surface area contributed by atoms with Crippen molar-refractivity contribution in [3.8, 4) is 0 Å². The van der Waals surface area contributed by atoms with E-state index in [1.165, 1.54) is 0 Å². The van der Waals surface area contributed by atoms with Crippen LogP contribution in [0.3, 0.4) is 0 Å². The molecule has 0 aromatic carbocycles. The molecular formula is C11H18N2O2. The molecule has 0 saturated carbocycles. The highest BCUT2D eigenvalue weighted by atomic mass is 16.5. The average Bonchev–Trinajstić information content (AvgIpc) is 2.17. The maximum atomic E-state index is 9.43. The van der Waals surface area contributed by atoms with Gasteiger partial charge in [0.15, 0.2) is 5.82 Å². The van der Waals surface area contributed by atoms with Gasteiger partial charge in [-0.2, -0.15) is 0 Å². The molecule has 1 rings (SSSR count). The highest BCUT2D eigenvalue weighted by molar-refractivity contribution is 5.18. The molecule has 0 amide bonds. The van der Waals surface area contributed by atoms with E-state index in [1.54, 1.807) is 13.1 Å². The summed E-state index contributed by atoms with van der Waals surface area (Å²) in [7, 11) is 0. The van der Waals surface area contributed by atoms with Crippen molar-refractivity contribution < 1.29 is 9.84 Å². The van der Waals surface area contributed by atoms with Crippen LogP contribution < -0.4 is 0 Å². The van der Waals surface area contributed by atoms with Crippen LogP contribution in [-0.4, -0.2) is 21.7 Å². The van der Waals surface area contributed by atoms with Crippen LogP contribution >= 0.6 is 0 Å². The highest BCUT2D eigenvalue weighted by Gasteiger charge is 2.12. The molecule has 84 valence electrons. The Morgan fingerprint density at radius 3 is 2.60 bits per heavy atom. The van der Waals surface area contributed by atoms with Crippen LogP contribution in [-0.2, 0) is 4.74 Å². The van der Waals surface area contributed by atoms with Crippen LogP contribution in [0.2, 0.25) is 0 Å². The van der Waals surface area contributed by atoms with E-state index in [-0.39, 0.29) is 6.10 Å². The zero-order chi connectivity index (χ0) is 11.4. The van der Waals surface area contributed by atoms with Gasteiger partial charge in [-0.1, -0.05) is 0 Å². The minimum atomic E-state index is -0.526. The summed E-state index contributed by atoms with van der Waals surface area (Å²) in [5.41, 5.74) is 1.57. The molecule has 0 fully saturated rings. The second-order valence-electron chi connectivity index (χ2n) is 3.54. The van der Waals surface area contributed by atoms with Crippen LogP contribution in [0.4, 0.5) is 0 Å². The molecule has 15 heavy (non-hydrogen) atoms. The van der Waals surface area contributed by atoms with Gasteiger partial charge in [0.2, 0.25) is 0 Å². The molecule has 4 nitrogen and oxygen atoms in total. The van der Waals surface area contributed by atoms with Gasteiger partial charge in [0.1, 0.15) is 6.10 Å². The maximum Gasteiger partial charge on any atom is 0.157 e. The molecule has 0 saturated heterocycles. The van der Waals surface area contributed by atoms with Gasteiger partial charge in [-0.15, -0.1) is 0 Å². The van der Waals surface area contributed by atoms with Crippen LogP contribution in [0.25, 0.3) is 0 Å². The second-order valence-corrected chi connectivity index (χ2v) is 3.54. The zero-order valence-electron chi connectivity index (χ0n) is 9.69. The first-order chi connectivity index (χ1) is 7.06. The fourth-order valence-electron chi connectivity index (χ4n) is 1.42. The van der Waals surface area contributed by atoms with Crippen molar-refractivity contribution in [2.45, 2.75) is 39.9 Å². The van der Waals surface area contributed by atoms with Crippen molar-refractivity contribution in [2.75, 3.05) is 6.61 Å². The average molecular weight is 210 g/mol. The fourth-order valence-corrected chi connectivity index (χ4v) is 1.42. The smallest absolute Gasteiger partial charge is 0.157 e. The molecule has 0 aliphatic heterocycles. The first-order valence-electron chi connectivity index (χ1n) is 5.19. The number of aryl methyl sites for hydroxylation is 1. The van der Waals surface area contributed by atoms with Gasteiger partial charge in [0.25, 0.3) is 0 Å². The third kappa shape index (κ3) is 2.97. The Kier molecular flexibility index (Phi) is 4.17. The summed E-state index contributed by atoms with van der Waals surface area (Å²) in [4.78, 5) is 8.50. The number of ether oxygens (including phenoxy) is 1. The van der Waals surface area contributed by atoms with E-state index in [0.29, 0.717) is 12.4 Å². The van der Waals surface area contributed by atoms with Gasteiger partial charge in [0, 0.05) is 24.1 Å². The molecule has 4 heteroatoms. The monoisotopic (exact) mass is 210 g/mol. The molecule has 2 atom stereocenters. The Labute approximate surface area is 90.3 Å². The molecule has 0 aliphatic rings. The molecule has 0 radical (unpaired) electrons. The topological polar surface area (TPSA) is 55.2 Å². The van der Waals surface area contributed by atoms with Gasteiger partial charge in [-0.05, 0) is 27.7 Å². The number of aliphatic hydroxyl groups is 1. The Morgan fingerprint density at radius 2 is 2.13 bits per heavy atom. The van der Waals surface area contributed by atoms with Crippen molar-refractivity contribution in [2.24, 2.45) is 0 Å². The Morgan fingerprint density at radius 1 is 1.47 bits per heavy atom. The van der Waals surface area contributed by atoms with Gasteiger partial charge >= 0.3 is 0 Å². The summed E-state index contributed by atoms with van der Waals surface area (Å²) >= 11 is 0. The van der Waals surface area contributed by atoms with E-state index in [1.807, 2.05) is 20.8 Å². The summed E-state index contributed by atoms with van der Waals surface area (Å²) in [6.45, 7) is 8.07. The normalized spacial score (nSPS) is 15.0. The first kappa shape index (κ1) is 12.1. The van der Waals surface area contributed by atoms with Gasteiger partial charge < -0.3 is 9.84 Å². The molecule has 1 aromatic heterocycles. The summed E-state index contributed by atoms with van der Waals surface area (Å²) in [5.74, 6) is 0.666. The van der Waals surface area contributed by atoms with E-state index in [2.05, 4.69) is 9.97 Å². The third-order valence-electron chi connectivity index (χ3n) is 2.27. The van der Waals surface area contributed by atoms with Gasteiger partial charge in [-0.3, -0.25) is 0 Å². The van der Waals surface area contributed by atoms with E-state index in [0.717, 1.165) is 11.3 Å². The minimum absolute atomic E-state index is 0.100. The third-order valence-corrected chi connectivity index (χ3v) is 2.27. The van der Waals surface area contributed by atoms with Gasteiger partial charge in [0.05, 0.1) is 6.10 Å². The number of hydrogen-bond donors (Lipinski definition) is 1. The maximum absolute atomic E-state index is 9.43. The lowest BCUT2D eigenvalue weighted by atomic mass is 10.1. The van der Waals surface area contributed by atoms with E-state index >= 15 is 0 Å². The van der Waals surface area contributed by atoms with E-state index < -0.39 is 6.10 Å². The van der Waals surface area contributed by atoms with Crippen LogP contribution in [0.5, 0.6) is 0 Å². The lowest BCUT2D eigenvalue weighted by Gasteiger charge is -2.13. The fraction of sp³-hybridized carbons (Fsp3) is 0.636. The number of hydrogen-bond acceptors (Lipinski definition) is 4. The van der Waals surface area contributed by atoms with Crippen molar-refractivity contribution in [1.29, 1.82) is 0 Å². The second kappa shape index (κ2) is 5.19. The van der Waals surface area contributed by atoms with Crippen molar-refractivity contribution in [1.82, 2.24) is 9.97 Å². The Balaban J connectivity index is 2.91. The number of aliphatic hydroxyl groups excluding tert-OH is 1. The molecule has 0 spiro atoms. The largest absolute Gasteiger partial charge is 0.389 e. The molecule has 1 heterocycles. The zero-order valence-corrected chi connectivity index (χ0v) is 9.69. The lowest BCUT2D eigenvalue weighted by molar-refractivity contribution is 0.0697.